The Balaban J connectivity index is 2.29. The largest absolute Gasteiger partial charge is 0.366 e. The number of rotatable bonds is 4. The van der Waals surface area contributed by atoms with Crippen molar-refractivity contribution in [3.63, 3.8) is 0 Å². The Bertz CT molecular complexity index is 776. The van der Waals surface area contributed by atoms with Crippen LogP contribution in [-0.2, 0) is 0 Å². The zero-order chi connectivity index (χ0) is 16.3. The molecule has 2 amide bonds. The molecule has 0 saturated carbocycles. The second-order valence-corrected chi connectivity index (χ2v) is 4.73. The number of primary amides is 1. The maximum absolute atomic E-state index is 12.2. The number of carbonyl (C=O) groups is 2. The van der Waals surface area contributed by atoms with Crippen LogP contribution in [0.5, 0.6) is 0 Å². The van der Waals surface area contributed by atoms with Gasteiger partial charge in [-0.25, -0.2) is 0 Å². The van der Waals surface area contributed by atoms with Gasteiger partial charge in [0.2, 0.25) is 5.91 Å². The van der Waals surface area contributed by atoms with Crippen LogP contribution in [-0.4, -0.2) is 16.7 Å². The standard InChI is InChI=1S/C14H10ClN3O4/c15-12-5-4-10(18(21)22)7-11(12)14(20)17-9-3-1-2-8(6-9)13(16)19/h1-7H,(H2,16,19)(H,17,20). The van der Waals surface area contributed by atoms with E-state index in [1.807, 2.05) is 0 Å². The first-order valence-corrected chi connectivity index (χ1v) is 6.41. The van der Waals surface area contributed by atoms with Gasteiger partial charge in [-0.3, -0.25) is 19.7 Å². The molecule has 0 aliphatic rings. The molecule has 3 N–H and O–H groups in total. The SMILES string of the molecule is NC(=O)c1cccc(NC(=O)c2cc([N+](=O)[O-])ccc2Cl)c1. The molecule has 0 fully saturated rings. The van der Waals surface area contributed by atoms with Gasteiger partial charge in [0, 0.05) is 23.4 Å². The van der Waals surface area contributed by atoms with Gasteiger partial charge in [-0.05, 0) is 24.3 Å². The van der Waals surface area contributed by atoms with Crippen molar-refractivity contribution >= 4 is 34.8 Å². The Morgan fingerprint density at radius 1 is 1.18 bits per heavy atom. The van der Waals surface area contributed by atoms with E-state index in [4.69, 9.17) is 17.3 Å². The zero-order valence-corrected chi connectivity index (χ0v) is 11.8. The van der Waals surface area contributed by atoms with Crippen molar-refractivity contribution in [3.8, 4) is 0 Å². The molecule has 0 unspecified atom stereocenters. The number of nitrogens with one attached hydrogen (secondary N) is 1. The van der Waals surface area contributed by atoms with Gasteiger partial charge in [-0.1, -0.05) is 17.7 Å². The first-order chi connectivity index (χ1) is 10.4. The second kappa shape index (κ2) is 6.23. The topological polar surface area (TPSA) is 115 Å². The molecule has 22 heavy (non-hydrogen) atoms. The number of hydrogen-bond donors (Lipinski definition) is 2. The lowest BCUT2D eigenvalue weighted by Gasteiger charge is -2.07. The highest BCUT2D eigenvalue weighted by Gasteiger charge is 2.16. The molecule has 0 aromatic heterocycles. The van der Waals surface area contributed by atoms with E-state index in [9.17, 15) is 19.7 Å². The molecule has 112 valence electrons. The van der Waals surface area contributed by atoms with Crippen LogP contribution in [0.25, 0.3) is 0 Å². The van der Waals surface area contributed by atoms with E-state index in [0.29, 0.717) is 5.69 Å². The number of nitro benzene ring substituents is 1. The van der Waals surface area contributed by atoms with Gasteiger partial charge < -0.3 is 11.1 Å². The van der Waals surface area contributed by atoms with E-state index in [1.54, 1.807) is 12.1 Å². The number of benzene rings is 2. The molecule has 0 heterocycles. The first-order valence-electron chi connectivity index (χ1n) is 6.03. The minimum Gasteiger partial charge on any atom is -0.366 e. The number of nitro groups is 1. The number of hydrogen-bond acceptors (Lipinski definition) is 4. The molecule has 2 rings (SSSR count). The lowest BCUT2D eigenvalue weighted by Crippen LogP contribution is -2.15. The summed E-state index contributed by atoms with van der Waals surface area (Å²) < 4.78 is 0. The fraction of sp³-hybridized carbons (Fsp3) is 0. The fourth-order valence-electron chi connectivity index (χ4n) is 1.75. The Morgan fingerprint density at radius 2 is 1.91 bits per heavy atom. The Kier molecular flexibility index (Phi) is 4.38. The van der Waals surface area contributed by atoms with Crippen molar-refractivity contribution in [1.29, 1.82) is 0 Å². The van der Waals surface area contributed by atoms with Crippen molar-refractivity contribution in [2.75, 3.05) is 5.32 Å². The van der Waals surface area contributed by atoms with E-state index in [2.05, 4.69) is 5.32 Å². The third-order valence-electron chi connectivity index (χ3n) is 2.81. The summed E-state index contributed by atoms with van der Waals surface area (Å²) in [5.74, 6) is -1.26. The van der Waals surface area contributed by atoms with Crippen molar-refractivity contribution in [2.24, 2.45) is 5.73 Å². The molecule has 0 radical (unpaired) electrons. The summed E-state index contributed by atoms with van der Waals surface area (Å²) in [7, 11) is 0. The van der Waals surface area contributed by atoms with Crippen LogP contribution in [0.3, 0.4) is 0 Å². The summed E-state index contributed by atoms with van der Waals surface area (Å²) in [6, 6.07) is 9.54. The van der Waals surface area contributed by atoms with Crippen LogP contribution in [0, 0.1) is 10.1 Å². The smallest absolute Gasteiger partial charge is 0.270 e. The zero-order valence-electron chi connectivity index (χ0n) is 11.1. The molecule has 8 heteroatoms. The van der Waals surface area contributed by atoms with Crippen LogP contribution in [0.2, 0.25) is 5.02 Å². The predicted octanol–water partition coefficient (Wildman–Crippen LogP) is 2.60. The maximum Gasteiger partial charge on any atom is 0.270 e. The number of amides is 2. The van der Waals surface area contributed by atoms with Crippen molar-refractivity contribution in [1.82, 2.24) is 0 Å². The second-order valence-electron chi connectivity index (χ2n) is 4.32. The van der Waals surface area contributed by atoms with Crippen LogP contribution in [0.4, 0.5) is 11.4 Å². The quantitative estimate of drug-likeness (QED) is 0.665. The van der Waals surface area contributed by atoms with Gasteiger partial charge >= 0.3 is 0 Å². The van der Waals surface area contributed by atoms with Crippen molar-refractivity contribution in [3.05, 3.63) is 68.7 Å². The van der Waals surface area contributed by atoms with E-state index < -0.39 is 16.7 Å². The lowest BCUT2D eigenvalue weighted by molar-refractivity contribution is -0.384. The average Bonchev–Trinajstić information content (AvgIpc) is 2.47. The average molecular weight is 320 g/mol. The van der Waals surface area contributed by atoms with Crippen LogP contribution >= 0.6 is 11.6 Å². The molecular weight excluding hydrogens is 310 g/mol. The highest BCUT2D eigenvalue weighted by Crippen LogP contribution is 2.23. The third-order valence-corrected chi connectivity index (χ3v) is 3.14. The van der Waals surface area contributed by atoms with Crippen molar-refractivity contribution in [2.45, 2.75) is 0 Å². The molecule has 0 atom stereocenters. The highest BCUT2D eigenvalue weighted by atomic mass is 35.5. The molecule has 0 aliphatic heterocycles. The van der Waals surface area contributed by atoms with E-state index in [1.165, 1.54) is 24.3 Å². The van der Waals surface area contributed by atoms with Crippen molar-refractivity contribution < 1.29 is 14.5 Å². The number of non-ortho nitro benzene ring substituents is 1. The first kappa shape index (κ1) is 15.5. The maximum atomic E-state index is 12.2. The summed E-state index contributed by atoms with van der Waals surface area (Å²) in [6.07, 6.45) is 0. The minimum absolute atomic E-state index is 0.0413. The number of nitrogens with two attached hydrogens (primary N) is 1. The molecular formula is C14H10ClN3O4. The Morgan fingerprint density at radius 3 is 2.55 bits per heavy atom. The predicted molar refractivity (Wildman–Crippen MR) is 81.0 cm³/mol. The van der Waals surface area contributed by atoms with Crippen LogP contribution in [0.1, 0.15) is 20.7 Å². The van der Waals surface area contributed by atoms with Gasteiger partial charge in [-0.2, -0.15) is 0 Å². The molecule has 0 aliphatic carbocycles. The lowest BCUT2D eigenvalue weighted by atomic mass is 10.1. The van der Waals surface area contributed by atoms with Gasteiger partial charge in [0.1, 0.15) is 0 Å². The Labute approximate surface area is 129 Å². The van der Waals surface area contributed by atoms with Gasteiger partial charge in [-0.15, -0.1) is 0 Å². The number of carbonyl (C=O) groups excluding carboxylic acids is 2. The summed E-state index contributed by atoms with van der Waals surface area (Å²) in [6.45, 7) is 0. The fourth-order valence-corrected chi connectivity index (χ4v) is 1.95. The van der Waals surface area contributed by atoms with Gasteiger partial charge in [0.05, 0.1) is 15.5 Å². The van der Waals surface area contributed by atoms with Gasteiger partial charge in [0.25, 0.3) is 11.6 Å². The highest BCUT2D eigenvalue weighted by molar-refractivity contribution is 6.34. The van der Waals surface area contributed by atoms with E-state index >= 15 is 0 Å². The summed E-state index contributed by atoms with van der Waals surface area (Å²) in [5.41, 5.74) is 5.41. The molecule has 0 saturated heterocycles. The summed E-state index contributed by atoms with van der Waals surface area (Å²) in [5, 5.41) is 13.3. The van der Waals surface area contributed by atoms with Crippen LogP contribution < -0.4 is 11.1 Å². The monoisotopic (exact) mass is 319 g/mol. The number of halogens is 1. The number of anilines is 1. The molecule has 7 nitrogen and oxygen atoms in total. The minimum atomic E-state index is -0.635. The third kappa shape index (κ3) is 3.39. The molecule has 0 spiro atoms. The molecule has 2 aromatic carbocycles. The van der Waals surface area contributed by atoms with Gasteiger partial charge in [0.15, 0.2) is 0 Å². The van der Waals surface area contributed by atoms with Crippen LogP contribution in [0.15, 0.2) is 42.5 Å². The summed E-state index contributed by atoms with van der Waals surface area (Å²) in [4.78, 5) is 33.4. The number of nitrogens with zero attached hydrogens (tertiary/aromatic N) is 1. The van der Waals surface area contributed by atoms with E-state index in [0.717, 1.165) is 6.07 Å². The van der Waals surface area contributed by atoms with E-state index in [-0.39, 0.29) is 21.8 Å². The Hall–Kier alpha value is -2.93. The normalized spacial score (nSPS) is 10.0. The summed E-state index contributed by atoms with van der Waals surface area (Å²) >= 11 is 5.89. The molecule has 0 bridgehead atoms. The molecule has 2 aromatic rings.